The van der Waals surface area contributed by atoms with Crippen molar-refractivity contribution in [3.63, 3.8) is 0 Å². The molecule has 0 saturated carbocycles. The molecule has 16 heavy (non-hydrogen) atoms. The Bertz CT molecular complexity index is 259. The molecule has 0 aliphatic rings. The monoisotopic (exact) mass is 284 g/mol. The number of phosphoric acid groups is 2. The normalized spacial score (nSPS) is 10.2. The van der Waals surface area contributed by atoms with Crippen LogP contribution in [0.1, 0.15) is 6.92 Å². The van der Waals surface area contributed by atoms with E-state index in [9.17, 15) is 9.59 Å². The first kappa shape index (κ1) is 20.7. The van der Waals surface area contributed by atoms with Gasteiger partial charge < -0.3 is 34.5 Å². The first-order valence-electron chi connectivity index (χ1n) is 2.95. The molecule has 0 aromatic rings. The van der Waals surface area contributed by atoms with Crippen molar-refractivity contribution in [3.05, 3.63) is 0 Å². The highest BCUT2D eigenvalue weighted by molar-refractivity contribution is 7.45. The third kappa shape index (κ3) is 181. The van der Waals surface area contributed by atoms with E-state index >= 15 is 0 Å². The van der Waals surface area contributed by atoms with Gasteiger partial charge in [0.2, 0.25) is 5.78 Å². The van der Waals surface area contributed by atoms with Crippen LogP contribution in [0.25, 0.3) is 0 Å². The molecule has 7 N–H and O–H groups in total. The lowest BCUT2D eigenvalue weighted by molar-refractivity contribution is -0.148. The van der Waals surface area contributed by atoms with Crippen molar-refractivity contribution in [2.45, 2.75) is 6.92 Å². The summed E-state index contributed by atoms with van der Waals surface area (Å²) in [5.41, 5.74) is 0. The van der Waals surface area contributed by atoms with Crippen LogP contribution in [0, 0.1) is 0 Å². The first-order chi connectivity index (χ1) is 6.64. The van der Waals surface area contributed by atoms with Gasteiger partial charge in [0, 0.05) is 6.92 Å². The second-order valence-electron chi connectivity index (χ2n) is 1.89. The molecule has 0 bridgehead atoms. The lowest BCUT2D eigenvalue weighted by Gasteiger charge is -1.82. The molecule has 0 aliphatic carbocycles. The molecule has 0 unspecified atom stereocenters. The fraction of sp³-hybridized carbons (Fsp3) is 0.333. The SMILES string of the molecule is CC(=O)C(=O)O.O=P(O)(O)O.O=P(O)(O)O. The molecule has 0 aliphatic heterocycles. The molecule has 0 radical (unpaired) electrons. The van der Waals surface area contributed by atoms with E-state index in [0.717, 1.165) is 6.92 Å². The van der Waals surface area contributed by atoms with Gasteiger partial charge in [0.15, 0.2) is 0 Å². The Labute approximate surface area is 88.5 Å². The Morgan fingerprint density at radius 3 is 0.875 bits per heavy atom. The van der Waals surface area contributed by atoms with E-state index in [1.165, 1.54) is 0 Å². The van der Waals surface area contributed by atoms with Crippen LogP contribution in [0.4, 0.5) is 0 Å². The summed E-state index contributed by atoms with van der Waals surface area (Å²) in [5, 5.41) is 7.64. The number of aliphatic carboxylic acids is 1. The van der Waals surface area contributed by atoms with E-state index in [1.54, 1.807) is 0 Å². The number of carbonyl (C=O) groups is 2. The minimum Gasteiger partial charge on any atom is -0.476 e. The third-order valence-corrected chi connectivity index (χ3v) is 0.301. The number of carbonyl (C=O) groups excluding carboxylic acids is 1. The van der Waals surface area contributed by atoms with Gasteiger partial charge in [-0.15, -0.1) is 0 Å². The summed E-state index contributed by atoms with van der Waals surface area (Å²) in [7, 11) is -9.28. The van der Waals surface area contributed by atoms with Crippen LogP contribution in [-0.2, 0) is 18.7 Å². The summed E-state index contributed by atoms with van der Waals surface area (Å²) < 4.78 is 17.8. The molecule has 0 rings (SSSR count). The zero-order chi connectivity index (χ0) is 14.2. The predicted octanol–water partition coefficient (Wildman–Crippen LogP) is -2.20. The third-order valence-electron chi connectivity index (χ3n) is 0.301. The maximum absolute atomic E-state index is 9.54. The number of Topliss-reactive ketones (excluding diaryl/α,β-unsaturated/α-hetero) is 1. The number of carboxylic acids is 1. The van der Waals surface area contributed by atoms with Crippen molar-refractivity contribution >= 4 is 27.4 Å². The van der Waals surface area contributed by atoms with Crippen molar-refractivity contribution in [1.29, 1.82) is 0 Å². The molecule has 0 aromatic carbocycles. The second kappa shape index (κ2) is 8.50. The van der Waals surface area contributed by atoms with Crippen LogP contribution in [0.5, 0.6) is 0 Å². The molecular weight excluding hydrogens is 274 g/mol. The van der Waals surface area contributed by atoms with Crippen LogP contribution in [0.3, 0.4) is 0 Å². The van der Waals surface area contributed by atoms with Crippen molar-refractivity contribution in [1.82, 2.24) is 0 Å². The first-order valence-corrected chi connectivity index (χ1v) is 6.08. The fourth-order valence-corrected chi connectivity index (χ4v) is 0. The maximum atomic E-state index is 9.54. The van der Waals surface area contributed by atoms with Crippen LogP contribution in [-0.4, -0.2) is 46.2 Å². The van der Waals surface area contributed by atoms with Gasteiger partial charge in [-0.25, -0.2) is 13.9 Å². The highest BCUT2D eigenvalue weighted by Gasteiger charge is 2.00. The van der Waals surface area contributed by atoms with Crippen molar-refractivity contribution in [2.75, 3.05) is 0 Å². The Kier molecular flexibility index (Phi) is 11.0. The zero-order valence-electron chi connectivity index (χ0n) is 7.66. The van der Waals surface area contributed by atoms with Crippen LogP contribution < -0.4 is 0 Å². The molecule has 11 nitrogen and oxygen atoms in total. The average molecular weight is 284 g/mol. The number of hydrogen-bond donors (Lipinski definition) is 7. The molecule has 0 spiro atoms. The predicted molar refractivity (Wildman–Crippen MR) is 46.8 cm³/mol. The van der Waals surface area contributed by atoms with Crippen molar-refractivity contribution < 1.29 is 53.2 Å². The van der Waals surface area contributed by atoms with Gasteiger partial charge in [0.05, 0.1) is 0 Å². The maximum Gasteiger partial charge on any atom is 0.466 e. The lowest BCUT2D eigenvalue weighted by atomic mass is 10.5. The van der Waals surface area contributed by atoms with Gasteiger partial charge in [-0.1, -0.05) is 0 Å². The minimum absolute atomic E-state index is 0.824. The molecular formula is C3H10O11P2. The van der Waals surface area contributed by atoms with E-state index in [0.29, 0.717) is 0 Å². The van der Waals surface area contributed by atoms with E-state index in [2.05, 4.69) is 0 Å². The Balaban J connectivity index is -0.000000160. The van der Waals surface area contributed by atoms with Gasteiger partial charge in [0.25, 0.3) is 0 Å². The molecule has 98 valence electrons. The molecule has 0 amide bonds. The van der Waals surface area contributed by atoms with Gasteiger partial charge in [-0.2, -0.15) is 0 Å². The highest BCUT2D eigenvalue weighted by Crippen LogP contribution is 2.26. The molecule has 0 aromatic heterocycles. The largest absolute Gasteiger partial charge is 0.476 e. The number of hydrogen-bond acceptors (Lipinski definition) is 4. The fourth-order valence-electron chi connectivity index (χ4n) is 0. The van der Waals surface area contributed by atoms with Gasteiger partial charge in [-0.05, 0) is 0 Å². The smallest absolute Gasteiger partial charge is 0.466 e. The summed E-state index contributed by atoms with van der Waals surface area (Å²) in [4.78, 5) is 62.0. The summed E-state index contributed by atoms with van der Waals surface area (Å²) in [6.07, 6.45) is 0. The van der Waals surface area contributed by atoms with Gasteiger partial charge in [-0.3, -0.25) is 4.79 Å². The summed E-state index contributed by atoms with van der Waals surface area (Å²) in [5.74, 6) is -2.20. The molecule has 0 atom stereocenters. The topological polar surface area (TPSA) is 210 Å². The number of carboxylic acid groups (broad SMARTS) is 1. The van der Waals surface area contributed by atoms with E-state index < -0.39 is 27.4 Å². The van der Waals surface area contributed by atoms with E-state index in [1.807, 2.05) is 0 Å². The molecule has 0 fully saturated rings. The highest BCUT2D eigenvalue weighted by atomic mass is 31.2. The summed E-state index contributed by atoms with van der Waals surface area (Å²) >= 11 is 0. The van der Waals surface area contributed by atoms with Crippen LogP contribution in [0.15, 0.2) is 0 Å². The quantitative estimate of drug-likeness (QED) is 0.203. The van der Waals surface area contributed by atoms with Crippen LogP contribution >= 0.6 is 15.6 Å². The van der Waals surface area contributed by atoms with Crippen molar-refractivity contribution in [3.8, 4) is 0 Å². The average Bonchev–Trinajstić information content (AvgIpc) is 1.77. The molecule has 0 saturated heterocycles. The summed E-state index contributed by atoms with van der Waals surface area (Å²) in [6, 6.07) is 0. The van der Waals surface area contributed by atoms with Gasteiger partial charge >= 0.3 is 21.6 Å². The Morgan fingerprint density at radius 1 is 0.812 bits per heavy atom. The van der Waals surface area contributed by atoms with Crippen LogP contribution in [0.2, 0.25) is 0 Å². The Hall–Kier alpha value is -0.640. The van der Waals surface area contributed by atoms with Crippen molar-refractivity contribution in [2.24, 2.45) is 0 Å². The lowest BCUT2D eigenvalue weighted by Crippen LogP contribution is -2.05. The number of ketones is 1. The molecule has 0 heterocycles. The Morgan fingerprint density at radius 2 is 0.875 bits per heavy atom. The second-order valence-corrected chi connectivity index (χ2v) is 3.94. The zero-order valence-corrected chi connectivity index (χ0v) is 9.45. The molecule has 13 heteroatoms. The minimum atomic E-state index is -4.64. The van der Waals surface area contributed by atoms with E-state index in [-0.39, 0.29) is 0 Å². The van der Waals surface area contributed by atoms with Gasteiger partial charge in [0.1, 0.15) is 0 Å². The standard InChI is InChI=1S/C3H4O3.2H3O4P/c1-2(4)3(5)6;2*1-5(2,3)4/h1H3,(H,5,6);2*(H3,1,2,3,4). The van der Waals surface area contributed by atoms with E-state index in [4.69, 9.17) is 43.6 Å². The summed E-state index contributed by atoms with van der Waals surface area (Å²) in [6.45, 7) is 1.00. The number of rotatable bonds is 1.